The molecule has 0 saturated heterocycles. The highest BCUT2D eigenvalue weighted by molar-refractivity contribution is 5.98. The monoisotopic (exact) mass is 154 g/mol. The number of allylic oxidation sites excluding steroid dienone is 2. The number of hydrogen-bond donors (Lipinski definition) is 1. The van der Waals surface area contributed by atoms with Crippen LogP contribution in [0.15, 0.2) is 16.3 Å². The smallest absolute Gasteiger partial charge is 0.225 e. The second kappa shape index (κ2) is 3.05. The number of rotatable bonds is 1. The maximum Gasteiger partial charge on any atom is 0.225 e. The fourth-order valence-electron chi connectivity index (χ4n) is 0.981. The van der Waals surface area contributed by atoms with Gasteiger partial charge in [-0.3, -0.25) is 0 Å². The van der Waals surface area contributed by atoms with Crippen LogP contribution in [0.1, 0.15) is 20.8 Å². The van der Waals surface area contributed by atoms with Crippen LogP contribution in [0.2, 0.25) is 0 Å². The first-order chi connectivity index (χ1) is 5.15. The predicted molar refractivity (Wildman–Crippen MR) is 45.4 cm³/mol. The van der Waals surface area contributed by atoms with Gasteiger partial charge in [0.1, 0.15) is 0 Å². The van der Waals surface area contributed by atoms with E-state index in [2.05, 4.69) is 10.3 Å². The molecule has 1 atom stereocenters. The van der Waals surface area contributed by atoms with Gasteiger partial charge in [0.25, 0.3) is 0 Å². The van der Waals surface area contributed by atoms with Gasteiger partial charge in [-0.15, -0.1) is 0 Å². The largest absolute Gasteiger partial charge is 0.345 e. The first-order valence-corrected chi connectivity index (χ1v) is 3.66. The van der Waals surface area contributed by atoms with E-state index < -0.39 is 0 Å². The van der Waals surface area contributed by atoms with E-state index in [9.17, 15) is 0 Å². The van der Waals surface area contributed by atoms with Crippen molar-refractivity contribution in [1.82, 2.24) is 5.32 Å². The molecule has 0 aliphatic carbocycles. The zero-order valence-corrected chi connectivity index (χ0v) is 7.43. The van der Waals surface area contributed by atoms with Crippen molar-refractivity contribution in [2.24, 2.45) is 4.99 Å². The van der Waals surface area contributed by atoms with Crippen molar-refractivity contribution < 1.29 is 4.74 Å². The van der Waals surface area contributed by atoms with Crippen LogP contribution in [0.3, 0.4) is 0 Å². The fourth-order valence-corrected chi connectivity index (χ4v) is 0.981. The van der Waals surface area contributed by atoms with Crippen molar-refractivity contribution in [3.63, 3.8) is 0 Å². The maximum atomic E-state index is 5.05. The second-order valence-corrected chi connectivity index (χ2v) is 2.70. The molecule has 1 aliphatic heterocycles. The van der Waals surface area contributed by atoms with Crippen molar-refractivity contribution in [3.05, 3.63) is 11.3 Å². The van der Waals surface area contributed by atoms with E-state index in [0.717, 1.165) is 11.4 Å². The minimum absolute atomic E-state index is 0.196. The van der Waals surface area contributed by atoms with Crippen LogP contribution in [-0.4, -0.2) is 19.2 Å². The summed E-state index contributed by atoms with van der Waals surface area (Å²) < 4.78 is 5.05. The van der Waals surface area contributed by atoms with Gasteiger partial charge in [-0.25, -0.2) is 4.99 Å². The van der Waals surface area contributed by atoms with E-state index in [-0.39, 0.29) is 6.35 Å². The van der Waals surface area contributed by atoms with Crippen LogP contribution < -0.4 is 5.32 Å². The second-order valence-electron chi connectivity index (χ2n) is 2.70. The van der Waals surface area contributed by atoms with Crippen LogP contribution in [-0.2, 0) is 4.74 Å². The highest BCUT2D eigenvalue weighted by Gasteiger charge is 2.13. The third-order valence-electron chi connectivity index (χ3n) is 1.98. The van der Waals surface area contributed by atoms with Gasteiger partial charge in [0.15, 0.2) is 0 Å². The Hall–Kier alpha value is -0.830. The molecule has 0 bridgehead atoms. The molecular weight excluding hydrogens is 140 g/mol. The van der Waals surface area contributed by atoms with Gasteiger partial charge in [-0.2, -0.15) is 0 Å². The van der Waals surface area contributed by atoms with E-state index in [4.69, 9.17) is 4.74 Å². The van der Waals surface area contributed by atoms with Gasteiger partial charge in [0.2, 0.25) is 6.35 Å². The number of methoxy groups -OCH3 is 1. The Kier molecular flexibility index (Phi) is 2.29. The van der Waals surface area contributed by atoms with E-state index >= 15 is 0 Å². The van der Waals surface area contributed by atoms with Crippen LogP contribution in [0.5, 0.6) is 0 Å². The lowest BCUT2D eigenvalue weighted by Gasteiger charge is -2.22. The van der Waals surface area contributed by atoms with Crippen LogP contribution in [0.25, 0.3) is 0 Å². The third kappa shape index (κ3) is 1.60. The Bertz CT molecular complexity index is 218. The van der Waals surface area contributed by atoms with Gasteiger partial charge in [0, 0.05) is 18.5 Å². The molecule has 0 aromatic rings. The Morgan fingerprint density at radius 2 is 2.00 bits per heavy atom. The number of nitrogens with zero attached hydrogens (tertiary/aromatic N) is 1. The molecule has 3 heteroatoms. The van der Waals surface area contributed by atoms with Crippen LogP contribution in [0.4, 0.5) is 0 Å². The van der Waals surface area contributed by atoms with E-state index in [1.54, 1.807) is 7.11 Å². The van der Waals surface area contributed by atoms with Gasteiger partial charge in [0.05, 0.1) is 0 Å². The molecule has 1 heterocycles. The van der Waals surface area contributed by atoms with Crippen molar-refractivity contribution in [2.45, 2.75) is 27.1 Å². The highest BCUT2D eigenvalue weighted by atomic mass is 16.5. The Balaban J connectivity index is 2.82. The Morgan fingerprint density at radius 3 is 2.45 bits per heavy atom. The molecule has 1 aliphatic rings. The molecule has 11 heavy (non-hydrogen) atoms. The summed E-state index contributed by atoms with van der Waals surface area (Å²) in [5.74, 6) is 0. The SMILES string of the molecule is COC1N=C(C)C(C)=C(C)N1. The van der Waals surface area contributed by atoms with Gasteiger partial charge < -0.3 is 10.1 Å². The van der Waals surface area contributed by atoms with Crippen molar-refractivity contribution in [2.75, 3.05) is 7.11 Å². The molecule has 0 aromatic carbocycles. The zero-order chi connectivity index (χ0) is 8.43. The van der Waals surface area contributed by atoms with Crippen molar-refractivity contribution in [3.8, 4) is 0 Å². The summed E-state index contributed by atoms with van der Waals surface area (Å²) >= 11 is 0. The van der Waals surface area contributed by atoms with Crippen LogP contribution in [0, 0.1) is 0 Å². The molecule has 62 valence electrons. The van der Waals surface area contributed by atoms with E-state index in [0.29, 0.717) is 0 Å². The summed E-state index contributed by atoms with van der Waals surface area (Å²) in [6, 6.07) is 0. The zero-order valence-electron chi connectivity index (χ0n) is 7.43. The van der Waals surface area contributed by atoms with Gasteiger partial charge >= 0.3 is 0 Å². The lowest BCUT2D eigenvalue weighted by atomic mass is 10.1. The number of hydrogen-bond acceptors (Lipinski definition) is 3. The number of ether oxygens (including phenoxy) is 1. The molecule has 0 radical (unpaired) electrons. The Labute approximate surface area is 67.2 Å². The number of nitrogens with one attached hydrogen (secondary N) is 1. The summed E-state index contributed by atoms with van der Waals surface area (Å²) in [5, 5.41) is 3.12. The molecule has 0 fully saturated rings. The molecule has 0 saturated carbocycles. The molecular formula is C8H14N2O. The molecule has 1 rings (SSSR count). The topological polar surface area (TPSA) is 33.6 Å². The number of aliphatic imine (C=N–C) groups is 1. The fraction of sp³-hybridized carbons (Fsp3) is 0.625. The average Bonchev–Trinajstić information content (AvgIpc) is 1.99. The quantitative estimate of drug-likeness (QED) is 0.617. The lowest BCUT2D eigenvalue weighted by Crippen LogP contribution is -2.33. The first-order valence-electron chi connectivity index (χ1n) is 3.66. The molecule has 1 unspecified atom stereocenters. The van der Waals surface area contributed by atoms with Gasteiger partial charge in [-0.05, 0) is 26.3 Å². The van der Waals surface area contributed by atoms with E-state index in [1.807, 2.05) is 20.8 Å². The summed E-state index contributed by atoms with van der Waals surface area (Å²) in [6.07, 6.45) is -0.196. The molecule has 1 N–H and O–H groups in total. The standard InChI is InChI=1S/C8H14N2O/c1-5-6(2)9-8(11-4)10-7(5)3/h8-9H,1-4H3. The van der Waals surface area contributed by atoms with Gasteiger partial charge in [-0.1, -0.05) is 0 Å². The third-order valence-corrected chi connectivity index (χ3v) is 1.98. The van der Waals surface area contributed by atoms with E-state index in [1.165, 1.54) is 5.57 Å². The first kappa shape index (κ1) is 8.27. The summed E-state index contributed by atoms with van der Waals surface area (Å²) in [6.45, 7) is 6.07. The average molecular weight is 154 g/mol. The summed E-state index contributed by atoms with van der Waals surface area (Å²) in [5.41, 5.74) is 3.40. The highest BCUT2D eigenvalue weighted by Crippen LogP contribution is 2.10. The molecule has 0 amide bonds. The minimum Gasteiger partial charge on any atom is -0.345 e. The molecule has 0 spiro atoms. The Morgan fingerprint density at radius 1 is 1.36 bits per heavy atom. The minimum atomic E-state index is -0.196. The van der Waals surface area contributed by atoms with Crippen molar-refractivity contribution in [1.29, 1.82) is 0 Å². The molecule has 3 nitrogen and oxygen atoms in total. The summed E-state index contributed by atoms with van der Waals surface area (Å²) in [4.78, 5) is 4.26. The van der Waals surface area contributed by atoms with Crippen molar-refractivity contribution >= 4 is 5.71 Å². The van der Waals surface area contributed by atoms with Crippen LogP contribution >= 0.6 is 0 Å². The molecule has 0 aromatic heterocycles. The lowest BCUT2D eigenvalue weighted by molar-refractivity contribution is 0.0887. The normalized spacial score (nSPS) is 24.7. The maximum absolute atomic E-state index is 5.05. The predicted octanol–water partition coefficient (Wildman–Crippen LogP) is 1.27. The summed E-state index contributed by atoms with van der Waals surface area (Å²) in [7, 11) is 1.64.